The van der Waals surface area contributed by atoms with E-state index < -0.39 is 14.3 Å². The highest BCUT2D eigenvalue weighted by Crippen LogP contribution is 2.40. The van der Waals surface area contributed by atoms with Gasteiger partial charge in [0.25, 0.3) is 8.32 Å². The molecule has 2 aromatic rings. The van der Waals surface area contributed by atoms with E-state index in [2.05, 4.69) is 81.4 Å². The summed E-state index contributed by atoms with van der Waals surface area (Å²) in [5, 5.41) is 12.2. The zero-order valence-corrected chi connectivity index (χ0v) is 22.1. The lowest BCUT2D eigenvalue weighted by molar-refractivity contribution is -0.143. The van der Waals surface area contributed by atoms with Crippen LogP contribution in [0.2, 0.25) is 5.04 Å². The predicted molar refractivity (Wildman–Crippen MR) is 140 cm³/mol. The number of rotatable bonds is 9. The first-order chi connectivity index (χ1) is 15.6. The molecule has 0 spiro atoms. The monoisotopic (exact) mass is 466 g/mol. The van der Waals surface area contributed by atoms with Crippen LogP contribution in [0.5, 0.6) is 0 Å². The van der Waals surface area contributed by atoms with E-state index in [4.69, 9.17) is 4.43 Å². The van der Waals surface area contributed by atoms with E-state index in [0.717, 1.165) is 32.1 Å². The molecule has 0 bridgehead atoms. The van der Waals surface area contributed by atoms with Crippen LogP contribution < -0.4 is 10.4 Å². The SMILES string of the molecule is CC(C)C(CC[C@@H]1CCC[C@H](O[Si](c2ccccc2)(c2ccccc2)C(C)(C)C)C1)C(=O)O. The molecule has 0 aliphatic heterocycles. The number of carboxylic acids is 1. The van der Waals surface area contributed by atoms with E-state index in [1.54, 1.807) is 0 Å². The second-order valence-corrected chi connectivity index (χ2v) is 15.5. The van der Waals surface area contributed by atoms with Crippen molar-refractivity contribution in [3.8, 4) is 0 Å². The Balaban J connectivity index is 1.87. The van der Waals surface area contributed by atoms with Crippen LogP contribution in [0.15, 0.2) is 60.7 Å². The lowest BCUT2D eigenvalue weighted by Crippen LogP contribution is -2.67. The van der Waals surface area contributed by atoms with Gasteiger partial charge in [0, 0.05) is 6.10 Å². The summed E-state index contributed by atoms with van der Waals surface area (Å²) < 4.78 is 7.37. The van der Waals surface area contributed by atoms with Gasteiger partial charge in [-0.15, -0.1) is 0 Å². The maximum Gasteiger partial charge on any atom is 0.306 e. The lowest BCUT2D eigenvalue weighted by Gasteiger charge is -2.46. The van der Waals surface area contributed by atoms with E-state index in [1.807, 2.05) is 13.8 Å². The Kier molecular flexibility index (Phi) is 8.57. The molecule has 2 aromatic carbocycles. The third kappa shape index (κ3) is 5.96. The number of carbonyl (C=O) groups is 1. The Hall–Kier alpha value is -1.91. The van der Waals surface area contributed by atoms with Crippen LogP contribution in [-0.2, 0) is 9.22 Å². The van der Waals surface area contributed by atoms with E-state index in [0.29, 0.717) is 5.92 Å². The van der Waals surface area contributed by atoms with Crippen LogP contribution >= 0.6 is 0 Å². The smallest absolute Gasteiger partial charge is 0.306 e. The highest BCUT2D eigenvalue weighted by atomic mass is 28.4. The summed E-state index contributed by atoms with van der Waals surface area (Å²) in [6, 6.07) is 21.7. The van der Waals surface area contributed by atoms with Crippen molar-refractivity contribution in [1.82, 2.24) is 0 Å². The number of benzene rings is 2. The molecule has 1 unspecified atom stereocenters. The Morgan fingerprint density at radius 1 is 1.00 bits per heavy atom. The van der Waals surface area contributed by atoms with Crippen LogP contribution in [0, 0.1) is 17.8 Å². The van der Waals surface area contributed by atoms with Crippen LogP contribution in [0.25, 0.3) is 0 Å². The summed E-state index contributed by atoms with van der Waals surface area (Å²) in [6.45, 7) is 11.0. The Morgan fingerprint density at radius 2 is 1.55 bits per heavy atom. The van der Waals surface area contributed by atoms with Gasteiger partial charge in [-0.05, 0) is 52.9 Å². The molecule has 0 radical (unpaired) electrons. The van der Waals surface area contributed by atoms with Crippen molar-refractivity contribution in [2.45, 2.75) is 84.3 Å². The normalized spacial score (nSPS) is 20.5. The molecule has 4 heteroatoms. The molecule has 0 amide bonds. The molecule has 1 saturated carbocycles. The minimum atomic E-state index is -2.54. The van der Waals surface area contributed by atoms with E-state index in [-0.39, 0.29) is 23.0 Å². The van der Waals surface area contributed by atoms with Crippen molar-refractivity contribution in [2.75, 3.05) is 0 Å². The molecule has 1 fully saturated rings. The standard InChI is InChI=1S/C29H42O3Si/c1-22(2)27(28(30)31)20-19-23-13-12-14-24(21-23)32-33(29(3,4)5,25-15-8-6-9-16-25)26-17-10-7-11-18-26/h6-11,15-18,22-24,27H,12-14,19-21H2,1-5H3,(H,30,31)/t23-,24-,27?/m0/s1. The minimum absolute atomic E-state index is 0.0192. The fourth-order valence-electron chi connectivity index (χ4n) is 5.71. The van der Waals surface area contributed by atoms with E-state index in [9.17, 15) is 9.90 Å². The van der Waals surface area contributed by atoms with Crippen molar-refractivity contribution in [1.29, 1.82) is 0 Å². The first-order valence-corrected chi connectivity index (χ1v) is 14.6. The van der Waals surface area contributed by atoms with Crippen molar-refractivity contribution >= 4 is 24.7 Å². The van der Waals surface area contributed by atoms with Crippen molar-refractivity contribution < 1.29 is 14.3 Å². The van der Waals surface area contributed by atoms with Gasteiger partial charge in [0.05, 0.1) is 5.92 Å². The third-order valence-electron chi connectivity index (χ3n) is 7.50. The average molecular weight is 467 g/mol. The van der Waals surface area contributed by atoms with Crippen LogP contribution in [0.4, 0.5) is 0 Å². The molecule has 3 atom stereocenters. The number of aliphatic carboxylic acids is 1. The topological polar surface area (TPSA) is 46.5 Å². The van der Waals surface area contributed by atoms with Gasteiger partial charge in [-0.3, -0.25) is 4.79 Å². The van der Waals surface area contributed by atoms with E-state index in [1.165, 1.54) is 16.8 Å². The van der Waals surface area contributed by atoms with Crippen molar-refractivity contribution in [3.05, 3.63) is 60.7 Å². The zero-order chi connectivity index (χ0) is 24.1. The maximum absolute atomic E-state index is 11.7. The molecule has 1 aliphatic carbocycles. The van der Waals surface area contributed by atoms with Crippen LogP contribution in [0.3, 0.4) is 0 Å². The van der Waals surface area contributed by atoms with Gasteiger partial charge < -0.3 is 9.53 Å². The Morgan fingerprint density at radius 3 is 2.00 bits per heavy atom. The van der Waals surface area contributed by atoms with E-state index >= 15 is 0 Å². The summed E-state index contributed by atoms with van der Waals surface area (Å²) in [5.74, 6) is -0.179. The van der Waals surface area contributed by atoms with Crippen LogP contribution in [0.1, 0.15) is 73.1 Å². The van der Waals surface area contributed by atoms with Gasteiger partial charge in [-0.2, -0.15) is 0 Å². The molecule has 3 nitrogen and oxygen atoms in total. The Bertz CT molecular complexity index is 833. The van der Waals surface area contributed by atoms with Crippen molar-refractivity contribution in [3.63, 3.8) is 0 Å². The van der Waals surface area contributed by atoms with Gasteiger partial charge in [0.15, 0.2) is 0 Å². The second-order valence-electron chi connectivity index (χ2n) is 11.2. The molecule has 0 saturated heterocycles. The molecular formula is C29H42O3Si. The highest BCUT2D eigenvalue weighted by Gasteiger charge is 2.51. The maximum atomic E-state index is 11.7. The highest BCUT2D eigenvalue weighted by molar-refractivity contribution is 6.99. The summed E-state index contributed by atoms with van der Waals surface area (Å²) in [4.78, 5) is 11.7. The molecule has 0 aromatic heterocycles. The number of hydrogen-bond acceptors (Lipinski definition) is 2. The first-order valence-electron chi connectivity index (χ1n) is 12.7. The molecule has 1 aliphatic rings. The lowest BCUT2D eigenvalue weighted by atomic mass is 9.81. The zero-order valence-electron chi connectivity index (χ0n) is 21.1. The van der Waals surface area contributed by atoms with Gasteiger partial charge in [-0.1, -0.05) is 108 Å². The third-order valence-corrected chi connectivity index (χ3v) is 12.6. The average Bonchev–Trinajstić information content (AvgIpc) is 2.78. The molecule has 3 rings (SSSR count). The molecule has 33 heavy (non-hydrogen) atoms. The summed E-state index contributed by atoms with van der Waals surface area (Å²) >= 11 is 0. The van der Waals surface area contributed by atoms with Gasteiger partial charge >= 0.3 is 5.97 Å². The molecule has 1 N–H and O–H groups in total. The Labute approximate surface area is 201 Å². The quantitative estimate of drug-likeness (QED) is 0.444. The van der Waals surface area contributed by atoms with Crippen LogP contribution in [-0.4, -0.2) is 25.5 Å². The first kappa shape index (κ1) is 25.7. The van der Waals surface area contributed by atoms with Gasteiger partial charge in [0.1, 0.15) is 0 Å². The molecule has 0 heterocycles. The summed E-state index contributed by atoms with van der Waals surface area (Å²) in [6.07, 6.45) is 6.44. The molecular weight excluding hydrogens is 424 g/mol. The second kappa shape index (κ2) is 11.0. The minimum Gasteiger partial charge on any atom is -0.481 e. The van der Waals surface area contributed by atoms with Gasteiger partial charge in [0.2, 0.25) is 0 Å². The van der Waals surface area contributed by atoms with Gasteiger partial charge in [-0.25, -0.2) is 0 Å². The predicted octanol–water partition coefficient (Wildman–Crippen LogP) is 6.26. The number of carboxylic acid groups (broad SMARTS) is 1. The van der Waals surface area contributed by atoms with Crippen molar-refractivity contribution in [2.24, 2.45) is 17.8 Å². The summed E-state index contributed by atoms with van der Waals surface area (Å²) in [5.41, 5.74) is 0. The largest absolute Gasteiger partial charge is 0.481 e. The fraction of sp³-hybridized carbons (Fsp3) is 0.552. The molecule has 180 valence electrons. The summed E-state index contributed by atoms with van der Waals surface area (Å²) in [7, 11) is -2.54. The number of hydrogen-bond donors (Lipinski definition) is 1. The fourth-order valence-corrected chi connectivity index (χ4v) is 10.4.